The minimum atomic E-state index is -0.405. The number of rotatable bonds is 11. The lowest BCUT2D eigenvalue weighted by Gasteiger charge is -2.24. The van der Waals surface area contributed by atoms with E-state index in [1.807, 2.05) is 67.6 Å². The third-order valence-corrected chi connectivity index (χ3v) is 8.32. The molecule has 3 aromatic carbocycles. The van der Waals surface area contributed by atoms with Gasteiger partial charge in [0.05, 0.1) is 45.4 Å². The van der Waals surface area contributed by atoms with Gasteiger partial charge in [0.2, 0.25) is 0 Å². The molecule has 1 atom stereocenters. The Kier molecular flexibility index (Phi) is 9.49. The first kappa shape index (κ1) is 30.6. The Balaban J connectivity index is 1.32. The van der Waals surface area contributed by atoms with Gasteiger partial charge in [0.1, 0.15) is 5.75 Å². The van der Waals surface area contributed by atoms with E-state index in [1.165, 1.54) is 16.8 Å². The zero-order valence-corrected chi connectivity index (χ0v) is 26.1. The maximum absolute atomic E-state index is 13.7. The number of hydrazone groups is 1. The van der Waals surface area contributed by atoms with Crippen LogP contribution in [0.5, 0.6) is 17.2 Å². The van der Waals surface area contributed by atoms with Gasteiger partial charge in [0.15, 0.2) is 22.5 Å². The molecule has 12 heteroatoms. The van der Waals surface area contributed by atoms with Crippen molar-refractivity contribution in [1.29, 1.82) is 0 Å². The summed E-state index contributed by atoms with van der Waals surface area (Å²) in [5, 5.41) is 18.2. The van der Waals surface area contributed by atoms with Crippen LogP contribution in [0.3, 0.4) is 0 Å². The summed E-state index contributed by atoms with van der Waals surface area (Å²) in [5.41, 5.74) is 4.04. The maximum atomic E-state index is 13.7. The average molecular weight is 615 g/mol. The van der Waals surface area contributed by atoms with E-state index < -0.39 is 6.04 Å². The fourth-order valence-corrected chi connectivity index (χ4v) is 5.76. The van der Waals surface area contributed by atoms with Gasteiger partial charge in [-0.25, -0.2) is 5.01 Å². The predicted octanol–water partition coefficient (Wildman–Crippen LogP) is 4.55. The minimum absolute atomic E-state index is 0.0732. The van der Waals surface area contributed by atoms with Crippen molar-refractivity contribution in [3.63, 3.8) is 0 Å². The number of ether oxygens (including phenoxy) is 3. The Hall–Kier alpha value is -4.84. The number of hydrogen-bond donors (Lipinski definition) is 1. The standard InChI is InChI=1S/C32H34N6O5S/c1-20-8-6-9-22(16-20)31(40)33-18-28-34-35-32(37(28)2)44-19-29(39)38-26(24-10-7-11-27(42-4)30(24)43-5)17-25(36-38)21-12-14-23(41-3)15-13-21/h6-16,26H,17-19H2,1-5H3,(H,33,40)/t26-/m1/s1. The number of thioether (sulfide) groups is 1. The predicted molar refractivity (Wildman–Crippen MR) is 167 cm³/mol. The van der Waals surface area contributed by atoms with Crippen LogP contribution >= 0.6 is 11.8 Å². The first-order valence-electron chi connectivity index (χ1n) is 13.9. The lowest BCUT2D eigenvalue weighted by atomic mass is 9.97. The van der Waals surface area contributed by atoms with E-state index in [1.54, 1.807) is 39.0 Å². The molecule has 0 spiro atoms. The molecule has 1 aliphatic rings. The first-order valence-corrected chi connectivity index (χ1v) is 14.9. The summed E-state index contributed by atoms with van der Waals surface area (Å²) < 4.78 is 18.3. The molecular formula is C32H34N6O5S. The molecule has 2 amide bonds. The Morgan fingerprint density at radius 2 is 1.75 bits per heavy atom. The zero-order valence-electron chi connectivity index (χ0n) is 25.2. The largest absolute Gasteiger partial charge is 0.497 e. The lowest BCUT2D eigenvalue weighted by molar-refractivity contribution is -0.130. The number of carbonyl (C=O) groups is 2. The summed E-state index contributed by atoms with van der Waals surface area (Å²) in [5.74, 6) is 2.11. The molecule has 1 N–H and O–H groups in total. The number of carbonyl (C=O) groups excluding carboxylic acids is 2. The van der Waals surface area contributed by atoms with Gasteiger partial charge < -0.3 is 24.1 Å². The van der Waals surface area contributed by atoms with Gasteiger partial charge in [-0.2, -0.15) is 5.10 Å². The monoisotopic (exact) mass is 614 g/mol. The number of hydrogen-bond acceptors (Lipinski definition) is 9. The third kappa shape index (κ3) is 6.55. The average Bonchev–Trinajstić information content (AvgIpc) is 3.65. The van der Waals surface area contributed by atoms with Gasteiger partial charge in [0.25, 0.3) is 11.8 Å². The molecule has 0 aliphatic carbocycles. The van der Waals surface area contributed by atoms with Crippen LogP contribution < -0.4 is 19.5 Å². The molecular weight excluding hydrogens is 580 g/mol. The number of aromatic nitrogens is 3. The number of amides is 2. The second kappa shape index (κ2) is 13.6. The van der Waals surface area contributed by atoms with E-state index in [2.05, 4.69) is 15.5 Å². The van der Waals surface area contributed by atoms with Crippen molar-refractivity contribution < 1.29 is 23.8 Å². The molecule has 0 bridgehead atoms. The van der Waals surface area contributed by atoms with Crippen LogP contribution in [0.2, 0.25) is 0 Å². The molecule has 0 radical (unpaired) electrons. The van der Waals surface area contributed by atoms with Crippen LogP contribution in [-0.4, -0.2) is 64.4 Å². The Morgan fingerprint density at radius 1 is 0.977 bits per heavy atom. The highest BCUT2D eigenvalue weighted by Crippen LogP contribution is 2.42. The van der Waals surface area contributed by atoms with Crippen LogP contribution in [0.4, 0.5) is 0 Å². The molecule has 228 valence electrons. The molecule has 2 heterocycles. The van der Waals surface area contributed by atoms with E-state index in [9.17, 15) is 9.59 Å². The summed E-state index contributed by atoms with van der Waals surface area (Å²) in [4.78, 5) is 26.3. The number of nitrogens with one attached hydrogen (secondary N) is 1. The van der Waals surface area contributed by atoms with Crippen molar-refractivity contribution in [2.45, 2.75) is 31.1 Å². The number of nitrogens with zero attached hydrogens (tertiary/aromatic N) is 5. The fraction of sp³-hybridized carbons (Fsp3) is 0.281. The third-order valence-electron chi connectivity index (χ3n) is 7.32. The fourth-order valence-electron chi connectivity index (χ4n) is 4.98. The zero-order chi connectivity index (χ0) is 31.2. The molecule has 0 unspecified atom stereocenters. The first-order chi connectivity index (χ1) is 21.3. The molecule has 0 saturated heterocycles. The smallest absolute Gasteiger partial charge is 0.253 e. The quantitative estimate of drug-likeness (QED) is 0.245. The second-order valence-electron chi connectivity index (χ2n) is 10.1. The van der Waals surface area contributed by atoms with Gasteiger partial charge in [-0.05, 0) is 55.0 Å². The normalized spacial score (nSPS) is 14.2. The number of para-hydroxylation sites is 1. The van der Waals surface area contributed by atoms with Crippen LogP contribution in [0, 0.1) is 6.92 Å². The van der Waals surface area contributed by atoms with Crippen molar-refractivity contribution in [3.8, 4) is 17.2 Å². The summed E-state index contributed by atoms with van der Waals surface area (Å²) in [6.45, 7) is 2.14. The summed E-state index contributed by atoms with van der Waals surface area (Å²) >= 11 is 1.26. The summed E-state index contributed by atoms with van der Waals surface area (Å²) in [6.07, 6.45) is 0.487. The van der Waals surface area contributed by atoms with Crippen LogP contribution in [0.1, 0.15) is 45.3 Å². The van der Waals surface area contributed by atoms with Crippen molar-refractivity contribution in [2.24, 2.45) is 12.1 Å². The number of aryl methyl sites for hydroxylation is 1. The van der Waals surface area contributed by atoms with E-state index in [0.29, 0.717) is 34.5 Å². The summed E-state index contributed by atoms with van der Waals surface area (Å²) in [6, 6.07) is 20.2. The van der Waals surface area contributed by atoms with Crippen LogP contribution in [0.25, 0.3) is 0 Å². The topological polar surface area (TPSA) is 120 Å². The van der Waals surface area contributed by atoms with E-state index in [0.717, 1.165) is 28.2 Å². The van der Waals surface area contributed by atoms with Gasteiger partial charge >= 0.3 is 0 Å². The molecule has 1 aliphatic heterocycles. The molecule has 0 saturated carbocycles. The van der Waals surface area contributed by atoms with Crippen LogP contribution in [-0.2, 0) is 18.4 Å². The Bertz CT molecular complexity index is 1690. The lowest BCUT2D eigenvalue weighted by Crippen LogP contribution is -2.29. The number of methoxy groups -OCH3 is 3. The van der Waals surface area contributed by atoms with E-state index in [4.69, 9.17) is 19.3 Å². The number of benzene rings is 3. The Morgan fingerprint density at radius 3 is 2.45 bits per heavy atom. The van der Waals surface area contributed by atoms with Gasteiger partial charge in [0, 0.05) is 24.6 Å². The van der Waals surface area contributed by atoms with Gasteiger partial charge in [-0.15, -0.1) is 10.2 Å². The SMILES string of the molecule is COc1ccc(C2=NN(C(=O)CSc3nnc(CNC(=O)c4cccc(C)c4)n3C)[C@@H](c3cccc(OC)c3OC)C2)cc1. The second-order valence-corrected chi connectivity index (χ2v) is 11.1. The Labute approximate surface area is 260 Å². The highest BCUT2D eigenvalue weighted by atomic mass is 32.2. The minimum Gasteiger partial charge on any atom is -0.497 e. The molecule has 11 nitrogen and oxygen atoms in total. The molecule has 4 aromatic rings. The van der Waals surface area contributed by atoms with E-state index >= 15 is 0 Å². The van der Waals surface area contributed by atoms with Crippen LogP contribution in [0.15, 0.2) is 77.0 Å². The van der Waals surface area contributed by atoms with Gasteiger partial charge in [-0.3, -0.25) is 9.59 Å². The molecule has 0 fully saturated rings. The highest BCUT2D eigenvalue weighted by Gasteiger charge is 2.35. The van der Waals surface area contributed by atoms with Crippen molar-refractivity contribution in [3.05, 3.63) is 94.8 Å². The molecule has 1 aromatic heterocycles. The van der Waals surface area contributed by atoms with Gasteiger partial charge in [-0.1, -0.05) is 41.6 Å². The molecule has 44 heavy (non-hydrogen) atoms. The van der Waals surface area contributed by atoms with E-state index in [-0.39, 0.29) is 24.1 Å². The van der Waals surface area contributed by atoms with Crippen molar-refractivity contribution in [1.82, 2.24) is 25.1 Å². The maximum Gasteiger partial charge on any atom is 0.253 e. The highest BCUT2D eigenvalue weighted by molar-refractivity contribution is 7.99. The molecule has 5 rings (SSSR count). The van der Waals surface area contributed by atoms with Crippen molar-refractivity contribution in [2.75, 3.05) is 27.1 Å². The van der Waals surface area contributed by atoms with Crippen molar-refractivity contribution >= 4 is 29.3 Å². The summed E-state index contributed by atoms with van der Waals surface area (Å²) in [7, 11) is 6.59.